The minimum absolute atomic E-state index is 0. The Hall–Kier alpha value is -3.30. The number of benzene rings is 2. The first kappa shape index (κ1) is 61.8. The molecule has 2 aliphatic rings. The number of halogens is 2. The van der Waals surface area contributed by atoms with Gasteiger partial charge >= 0.3 is 18.5 Å². The smallest absolute Gasteiger partial charge is 0.454 e. The molecule has 2 saturated carbocycles. The number of H-pyrrole nitrogens is 1. The van der Waals surface area contributed by atoms with Gasteiger partial charge in [0.15, 0.2) is 34.3 Å². The first-order valence-corrected chi connectivity index (χ1v) is 26.3. The average molecular weight is 1460 g/mol. The summed E-state index contributed by atoms with van der Waals surface area (Å²) in [5, 5.41) is 16.5. The number of aromatic amines is 1. The molecule has 0 amide bonds. The number of sulfone groups is 2. The first-order chi connectivity index (χ1) is 30.8. The number of pyridine rings is 2. The number of hydrogen-bond donors (Lipinski definition) is 3. The molecule has 378 valence electrons. The zero-order valence-electron chi connectivity index (χ0n) is 39.4. The van der Waals surface area contributed by atoms with Crippen LogP contribution in [0.3, 0.4) is 0 Å². The molecule has 0 spiro atoms. The number of nitrogens with one attached hydrogen (secondary N) is 1. The van der Waals surface area contributed by atoms with Gasteiger partial charge in [0, 0.05) is 82.0 Å². The molecule has 4 aromatic heterocycles. The molecule has 0 aliphatic heterocycles. The van der Waals surface area contributed by atoms with Crippen LogP contribution in [0.2, 0.25) is 5.82 Å². The Kier molecular flexibility index (Phi) is 23.7. The van der Waals surface area contributed by atoms with E-state index in [4.69, 9.17) is 29.0 Å². The third-order valence-corrected chi connectivity index (χ3v) is 13.2. The molecule has 3 N–H and O–H groups in total. The number of fused-ring (bicyclic) bond motifs is 2. The Bertz CT molecular complexity index is 3020. The van der Waals surface area contributed by atoms with Crippen LogP contribution < -0.4 is 30.3 Å². The molecule has 2 fully saturated rings. The molecule has 6 aromatic rings. The summed E-state index contributed by atoms with van der Waals surface area (Å²) in [6, 6.07) is 12.5. The summed E-state index contributed by atoms with van der Waals surface area (Å²) in [5.41, 5.74) is 2.57. The van der Waals surface area contributed by atoms with E-state index in [0.29, 0.717) is 74.1 Å². The molecule has 2 aromatic carbocycles. The van der Waals surface area contributed by atoms with E-state index >= 15 is 0 Å². The first-order valence-electron chi connectivity index (χ1n) is 20.6. The minimum Gasteiger partial charge on any atom is -0.493 e. The molecular weight excluding hydrogens is 1410 g/mol. The van der Waals surface area contributed by atoms with Crippen LogP contribution in [0.5, 0.6) is 23.0 Å². The predicted octanol–water partition coefficient (Wildman–Crippen LogP) is 6.38. The molecule has 0 radical (unpaired) electrons. The van der Waals surface area contributed by atoms with Gasteiger partial charge in [0.2, 0.25) is 0 Å². The average Bonchev–Trinajstić information content (AvgIpc) is 4.18. The fourth-order valence-electron chi connectivity index (χ4n) is 7.28. The zero-order valence-corrected chi connectivity index (χ0v) is 50.1. The van der Waals surface area contributed by atoms with Crippen molar-refractivity contribution < 1.29 is 88.0 Å². The molecule has 69 heavy (non-hydrogen) atoms. The molecule has 4 heterocycles. The number of aromatic nitrogens is 6. The SMILES string of the molecule is CCOc1cc([C@@H](CS(C)(=O)=O)n2c(=O)[nH]c3cc(Br)cnc32)ccc1OC.CCOc1cc([C@@H](CS(C)(=O)=O)n2c(=O)n(C3CC3)c3cc(Br)cnc32)ccc1OC.OB(O)C1CC1.[CH3-].[CH3-].[W].[W]. The number of imidazole rings is 2. The van der Waals surface area contributed by atoms with E-state index in [2.05, 4.69) is 46.8 Å². The largest absolute Gasteiger partial charge is 0.493 e. The van der Waals surface area contributed by atoms with Gasteiger partial charge in [-0.2, -0.15) is 0 Å². The third kappa shape index (κ3) is 15.8. The van der Waals surface area contributed by atoms with Crippen LogP contribution in [0, 0.1) is 14.9 Å². The van der Waals surface area contributed by atoms with Gasteiger partial charge < -0.3 is 48.8 Å². The van der Waals surface area contributed by atoms with E-state index in [9.17, 15) is 26.4 Å². The number of ether oxygens (including phenoxy) is 4. The summed E-state index contributed by atoms with van der Waals surface area (Å²) in [4.78, 5) is 37.7. The van der Waals surface area contributed by atoms with Crippen LogP contribution in [0.4, 0.5) is 0 Å². The van der Waals surface area contributed by atoms with Gasteiger partial charge in [-0.05, 0) is 112 Å². The van der Waals surface area contributed by atoms with Gasteiger partial charge in [0.1, 0.15) is 19.7 Å². The number of methoxy groups -OCH3 is 2. The summed E-state index contributed by atoms with van der Waals surface area (Å²) >= 11 is 6.75. The summed E-state index contributed by atoms with van der Waals surface area (Å²) in [6.45, 7) is 4.54. The number of rotatable bonds is 16. The predicted molar refractivity (Wildman–Crippen MR) is 268 cm³/mol. The fraction of sp³-hybridized carbons (Fsp3) is 0.409. The van der Waals surface area contributed by atoms with Crippen molar-refractivity contribution in [3.63, 3.8) is 0 Å². The van der Waals surface area contributed by atoms with Crippen LogP contribution in [-0.4, -0.2) is 114 Å². The van der Waals surface area contributed by atoms with Gasteiger partial charge in [-0.25, -0.2) is 36.4 Å². The second kappa shape index (κ2) is 26.4. The van der Waals surface area contributed by atoms with Crippen LogP contribution in [-0.2, 0) is 61.8 Å². The van der Waals surface area contributed by atoms with E-state index in [1.165, 1.54) is 22.5 Å². The molecule has 8 rings (SSSR count). The Morgan fingerprint density at radius 3 is 1.59 bits per heavy atom. The number of nitrogens with zero attached hydrogens (tertiary/aromatic N) is 5. The van der Waals surface area contributed by atoms with E-state index in [0.717, 1.165) is 36.4 Å². The molecule has 2 atom stereocenters. The Morgan fingerprint density at radius 1 is 0.725 bits per heavy atom. The van der Waals surface area contributed by atoms with Crippen LogP contribution >= 0.6 is 31.9 Å². The Morgan fingerprint density at radius 2 is 1.19 bits per heavy atom. The minimum atomic E-state index is -3.43. The Labute approximate surface area is 448 Å². The molecule has 25 heteroatoms. The van der Waals surface area contributed by atoms with Gasteiger partial charge in [-0.15, -0.1) is 0 Å². The normalized spacial score (nSPS) is 13.9. The second-order valence-corrected chi connectivity index (χ2v) is 21.9. The summed E-state index contributed by atoms with van der Waals surface area (Å²) in [7, 11) is -4.81. The Balaban J connectivity index is 0.000000402. The van der Waals surface area contributed by atoms with E-state index in [1.807, 2.05) is 19.9 Å². The van der Waals surface area contributed by atoms with Crippen molar-refractivity contribution >= 4 is 81.0 Å². The van der Waals surface area contributed by atoms with Crippen LogP contribution in [0.15, 0.2) is 79.5 Å². The quantitative estimate of drug-likeness (QED) is 0.0705. The molecule has 2 aliphatic carbocycles. The van der Waals surface area contributed by atoms with E-state index in [-0.39, 0.29) is 86.0 Å². The van der Waals surface area contributed by atoms with Crippen molar-refractivity contribution in [1.82, 2.24) is 28.7 Å². The maximum Gasteiger partial charge on any atom is 0.454 e. The maximum absolute atomic E-state index is 13.5. The zero-order chi connectivity index (χ0) is 47.4. The second-order valence-electron chi connectivity index (χ2n) is 15.7. The van der Waals surface area contributed by atoms with E-state index < -0.39 is 44.6 Å². The summed E-state index contributed by atoms with van der Waals surface area (Å²) in [6.07, 6.45) is 9.31. The topological polar surface area (TPSA) is 236 Å². The van der Waals surface area contributed by atoms with Crippen LogP contribution in [0.25, 0.3) is 22.3 Å². The van der Waals surface area contributed by atoms with Crippen molar-refractivity contribution in [3.05, 3.63) is 117 Å². The van der Waals surface area contributed by atoms with Crippen molar-refractivity contribution in [2.45, 2.75) is 63.5 Å². The summed E-state index contributed by atoms with van der Waals surface area (Å²) in [5.74, 6) is 1.74. The molecular formula is C44H57BBr2N6O12S2W2-2. The van der Waals surface area contributed by atoms with Gasteiger partial charge in [0.05, 0.1) is 62.1 Å². The standard InChI is InChI=1S/C21H24BrN3O5S.C18H20BrN3O5S.C3H7BO2.2CH3.2W/c1-4-30-19-9-13(5-8-18(19)29-2)17(12-31(3,27)28)25-20-16(10-14(22)11-23-20)24(21(25)26)15-6-7-15;1-4-27-16-7-11(5-6-15(16)26-2)14(10-28(3,24)25)22-17-13(21-18(22)23)8-12(19)9-20-17;5-4(6)3-1-2-3;;;;/h5,8-11,15,17H,4,6-7,12H2,1-3H3;5-9,14H,4,10H2,1-3H3,(H,21,23);3,5-6H,1-2H2;2*1H3;;/q;;;2*-1;;/t17-;14-;;;;;/m11...../s1. The van der Waals surface area contributed by atoms with Crippen molar-refractivity contribution in [2.24, 2.45) is 0 Å². The molecule has 0 bridgehead atoms. The fourth-order valence-corrected chi connectivity index (χ4v) is 9.76. The van der Waals surface area contributed by atoms with Gasteiger partial charge in [0.25, 0.3) is 0 Å². The third-order valence-electron chi connectivity index (χ3n) is 10.5. The molecule has 18 nitrogen and oxygen atoms in total. The van der Waals surface area contributed by atoms with Crippen molar-refractivity contribution in [1.29, 1.82) is 0 Å². The van der Waals surface area contributed by atoms with Gasteiger partial charge in [-0.3, -0.25) is 13.7 Å². The van der Waals surface area contributed by atoms with E-state index in [1.54, 1.807) is 66.5 Å². The van der Waals surface area contributed by atoms with Crippen LogP contribution in [0.1, 0.15) is 68.8 Å². The molecule has 0 unspecified atom stereocenters. The monoisotopic (exact) mass is 1460 g/mol. The van der Waals surface area contributed by atoms with Crippen molar-refractivity contribution in [3.8, 4) is 23.0 Å². The van der Waals surface area contributed by atoms with Crippen molar-refractivity contribution in [2.75, 3.05) is 51.5 Å². The maximum atomic E-state index is 13.5. The summed E-state index contributed by atoms with van der Waals surface area (Å²) < 4.78 is 77.0. The van der Waals surface area contributed by atoms with Gasteiger partial charge in [-0.1, -0.05) is 25.0 Å². The number of hydrogen-bond acceptors (Lipinski definition) is 14. The molecule has 0 saturated heterocycles.